The number of unbranched alkanes of at least 4 members (excludes halogenated alkanes) is 1. The van der Waals surface area contributed by atoms with E-state index in [1.165, 1.54) is 12.1 Å². The second-order valence-corrected chi connectivity index (χ2v) is 12.8. The van der Waals surface area contributed by atoms with Crippen molar-refractivity contribution in [2.45, 2.75) is 76.0 Å². The molecular weight excluding hydrogens is 594 g/mol. The number of H-pyrrole nitrogens is 1. The zero-order chi connectivity index (χ0) is 33.0. The Bertz CT molecular complexity index is 2020. The van der Waals surface area contributed by atoms with Crippen LogP contribution in [0, 0.1) is 0 Å². The van der Waals surface area contributed by atoms with Crippen molar-refractivity contribution >= 4 is 27.8 Å². The van der Waals surface area contributed by atoms with E-state index in [4.69, 9.17) is 0 Å². The van der Waals surface area contributed by atoms with Crippen LogP contribution < -0.4 is 16.4 Å². The van der Waals surface area contributed by atoms with E-state index < -0.39 is 17.5 Å². The van der Waals surface area contributed by atoms with Crippen molar-refractivity contribution in [1.82, 2.24) is 14.9 Å². The number of nitrogens with zero attached hydrogens (tertiary/aromatic N) is 1. The van der Waals surface area contributed by atoms with E-state index >= 15 is 0 Å². The van der Waals surface area contributed by atoms with Crippen LogP contribution in [0.3, 0.4) is 0 Å². The van der Waals surface area contributed by atoms with E-state index in [0.29, 0.717) is 42.4 Å². The summed E-state index contributed by atoms with van der Waals surface area (Å²) in [6, 6.07) is 23.6. The van der Waals surface area contributed by atoms with E-state index in [1.54, 1.807) is 18.2 Å². The molecule has 3 aromatic carbocycles. The van der Waals surface area contributed by atoms with E-state index in [0.717, 1.165) is 66.1 Å². The van der Waals surface area contributed by atoms with Crippen LogP contribution in [0.5, 0.6) is 5.75 Å². The molecule has 244 valence electrons. The van der Waals surface area contributed by atoms with E-state index in [-0.39, 0.29) is 23.4 Å². The van der Waals surface area contributed by atoms with Crippen LogP contribution in [0.4, 0.5) is 0 Å². The molecule has 1 fully saturated rings. The molecule has 0 bridgehead atoms. The number of fused-ring (bicyclic) bond motifs is 2. The summed E-state index contributed by atoms with van der Waals surface area (Å²) in [6.07, 6.45) is 6.02. The average Bonchev–Trinajstić information content (AvgIpc) is 3.08. The van der Waals surface area contributed by atoms with Gasteiger partial charge < -0.3 is 30.2 Å². The minimum absolute atomic E-state index is 0.0448. The van der Waals surface area contributed by atoms with Crippen LogP contribution in [0.15, 0.2) is 88.5 Å². The lowest BCUT2D eigenvalue weighted by atomic mass is 9.69. The molecule has 0 spiro atoms. The summed E-state index contributed by atoms with van der Waals surface area (Å²) in [7, 11) is 0. The van der Waals surface area contributed by atoms with Gasteiger partial charge in [0.1, 0.15) is 5.75 Å². The van der Waals surface area contributed by atoms with Gasteiger partial charge >= 0.3 is 5.97 Å². The number of benzene rings is 3. The van der Waals surface area contributed by atoms with Crippen LogP contribution in [-0.2, 0) is 29.7 Å². The number of phenols is 1. The van der Waals surface area contributed by atoms with Gasteiger partial charge in [-0.25, -0.2) is 0 Å². The number of carboxylic acids is 1. The number of nitrogens with one attached hydrogen (secondary N) is 2. The molecule has 0 saturated heterocycles. The number of hydrogen-bond acceptors (Lipinski definition) is 6. The Balaban J connectivity index is 1.06. The van der Waals surface area contributed by atoms with E-state index in [2.05, 4.69) is 22.4 Å². The lowest BCUT2D eigenvalue weighted by molar-refractivity contribution is -0.145. The molecule has 9 heteroatoms. The Morgan fingerprint density at radius 3 is 2.55 bits per heavy atom. The minimum Gasteiger partial charge on any atom is -0.506 e. The third-order valence-electron chi connectivity index (χ3n) is 9.68. The Morgan fingerprint density at radius 1 is 0.915 bits per heavy atom. The SMILES string of the molecule is O=C(O)C1(c2cccc(CCCCn3c(=O)ccc4cc(CNC[C@@H](O)c5ccc(O)c6[nH]c(=O)ccc56)ccc43)c2)CCCCC1. The summed E-state index contributed by atoms with van der Waals surface area (Å²) in [5.74, 6) is -0.769. The lowest BCUT2D eigenvalue weighted by Gasteiger charge is -2.34. The number of aromatic hydroxyl groups is 1. The first-order chi connectivity index (χ1) is 22.7. The fourth-order valence-electron chi connectivity index (χ4n) is 7.11. The number of aryl methyl sites for hydroxylation is 2. The normalized spacial score (nSPS) is 15.2. The molecule has 47 heavy (non-hydrogen) atoms. The number of aromatic amines is 1. The number of pyridine rings is 2. The van der Waals surface area contributed by atoms with Crippen molar-refractivity contribution in [3.63, 3.8) is 0 Å². The van der Waals surface area contributed by atoms with Gasteiger partial charge in [-0.2, -0.15) is 0 Å². The summed E-state index contributed by atoms with van der Waals surface area (Å²) in [5, 5.41) is 35.9. The smallest absolute Gasteiger partial charge is 0.314 e. The first-order valence-corrected chi connectivity index (χ1v) is 16.4. The first kappa shape index (κ1) is 32.2. The van der Waals surface area contributed by atoms with Crippen molar-refractivity contribution < 1.29 is 20.1 Å². The standard InChI is InChI=1S/C38H41N3O6/c42-32-15-12-29(30-13-16-34(44)40-36(30)32)33(43)24-39-23-26-10-14-31-27(21-26)11-17-35(45)41(31)20-5-2-7-25-8-6-9-28(22-25)38(37(46)47)18-3-1-4-19-38/h6,8-17,21-22,33,39,42-43H,1-5,7,18-20,23-24H2,(H,40,44)(H,46,47)/t33-/m1/s1. The number of rotatable bonds is 12. The molecule has 6 rings (SSSR count). The van der Waals surface area contributed by atoms with E-state index in [9.17, 15) is 29.7 Å². The van der Waals surface area contributed by atoms with Gasteiger partial charge in [0.15, 0.2) is 0 Å². The summed E-state index contributed by atoms with van der Waals surface area (Å²) in [6.45, 7) is 1.35. The zero-order valence-electron chi connectivity index (χ0n) is 26.4. The van der Waals surface area contributed by atoms with Gasteiger partial charge in [-0.3, -0.25) is 14.4 Å². The summed E-state index contributed by atoms with van der Waals surface area (Å²) < 4.78 is 1.81. The van der Waals surface area contributed by atoms with Gasteiger partial charge in [-0.15, -0.1) is 0 Å². The molecule has 1 saturated carbocycles. The molecule has 5 N–H and O–H groups in total. The number of aliphatic hydroxyl groups is 1. The van der Waals surface area contributed by atoms with Crippen LogP contribution in [0.2, 0.25) is 0 Å². The highest BCUT2D eigenvalue weighted by Gasteiger charge is 2.41. The quantitative estimate of drug-likeness (QED) is 0.111. The summed E-state index contributed by atoms with van der Waals surface area (Å²) in [4.78, 5) is 39.5. The van der Waals surface area contributed by atoms with Gasteiger partial charge in [0.2, 0.25) is 5.56 Å². The number of carboxylic acid groups (broad SMARTS) is 1. The maximum Gasteiger partial charge on any atom is 0.314 e. The van der Waals surface area contributed by atoms with E-state index in [1.807, 2.05) is 41.0 Å². The zero-order valence-corrected chi connectivity index (χ0v) is 26.4. The Kier molecular flexibility index (Phi) is 9.56. The molecule has 5 aromatic rings. The molecular formula is C38H41N3O6. The minimum atomic E-state index is -0.859. The molecule has 9 nitrogen and oxygen atoms in total. The third kappa shape index (κ3) is 6.87. The van der Waals surface area contributed by atoms with Gasteiger partial charge in [-0.05, 0) is 90.1 Å². The molecule has 1 aliphatic carbocycles. The molecule has 2 heterocycles. The number of phenolic OH excluding ortho intramolecular Hbond substituents is 1. The molecule has 0 radical (unpaired) electrons. The largest absolute Gasteiger partial charge is 0.506 e. The van der Waals surface area contributed by atoms with Crippen LogP contribution in [0.25, 0.3) is 21.8 Å². The number of aliphatic carboxylic acids is 1. The Hall–Kier alpha value is -4.73. The predicted molar refractivity (Wildman–Crippen MR) is 183 cm³/mol. The van der Waals surface area contributed by atoms with Gasteiger partial charge in [0, 0.05) is 37.2 Å². The number of carbonyl (C=O) groups is 1. The van der Waals surface area contributed by atoms with Crippen molar-refractivity contribution in [3.05, 3.63) is 122 Å². The van der Waals surface area contributed by atoms with Crippen LogP contribution in [-0.4, -0.2) is 37.4 Å². The highest BCUT2D eigenvalue weighted by molar-refractivity contribution is 5.87. The molecule has 2 aromatic heterocycles. The third-order valence-corrected chi connectivity index (χ3v) is 9.68. The predicted octanol–water partition coefficient (Wildman–Crippen LogP) is 5.68. The highest BCUT2D eigenvalue weighted by Crippen LogP contribution is 2.40. The summed E-state index contributed by atoms with van der Waals surface area (Å²) >= 11 is 0. The van der Waals surface area contributed by atoms with Gasteiger partial charge in [0.05, 0.1) is 22.6 Å². The van der Waals surface area contributed by atoms with Gasteiger partial charge in [0.25, 0.3) is 5.56 Å². The molecule has 0 unspecified atom stereocenters. The average molecular weight is 636 g/mol. The highest BCUT2D eigenvalue weighted by atomic mass is 16.4. The Morgan fingerprint density at radius 2 is 1.74 bits per heavy atom. The van der Waals surface area contributed by atoms with Crippen LogP contribution in [0.1, 0.15) is 73.3 Å². The lowest BCUT2D eigenvalue weighted by Crippen LogP contribution is -2.37. The van der Waals surface area contributed by atoms with Crippen LogP contribution >= 0.6 is 0 Å². The molecule has 1 aliphatic rings. The number of aromatic nitrogens is 2. The van der Waals surface area contributed by atoms with Crippen molar-refractivity contribution in [1.29, 1.82) is 0 Å². The fraction of sp³-hybridized carbons (Fsp3) is 0.342. The van der Waals surface area contributed by atoms with Crippen molar-refractivity contribution in [2.75, 3.05) is 6.54 Å². The number of hydrogen-bond donors (Lipinski definition) is 5. The fourth-order valence-corrected chi connectivity index (χ4v) is 7.11. The number of aliphatic hydroxyl groups excluding tert-OH is 1. The maximum atomic E-state index is 12.8. The summed E-state index contributed by atoms with van der Waals surface area (Å²) in [5.41, 5.74) is 3.68. The second kappa shape index (κ2) is 13.9. The molecule has 0 amide bonds. The topological polar surface area (TPSA) is 145 Å². The van der Waals surface area contributed by atoms with Crippen molar-refractivity contribution in [2.24, 2.45) is 0 Å². The van der Waals surface area contributed by atoms with Gasteiger partial charge in [-0.1, -0.05) is 55.7 Å². The first-order valence-electron chi connectivity index (χ1n) is 16.4. The molecule has 1 atom stereocenters. The second-order valence-electron chi connectivity index (χ2n) is 12.8. The monoisotopic (exact) mass is 635 g/mol. The maximum absolute atomic E-state index is 12.8. The van der Waals surface area contributed by atoms with Crippen molar-refractivity contribution in [3.8, 4) is 5.75 Å². The Labute approximate surface area is 272 Å². The molecule has 0 aliphatic heterocycles.